The first-order valence-corrected chi connectivity index (χ1v) is 12.6. The summed E-state index contributed by atoms with van der Waals surface area (Å²) in [6.45, 7) is 13.1. The summed E-state index contributed by atoms with van der Waals surface area (Å²) in [6, 6.07) is 8.26. The van der Waals surface area contributed by atoms with Crippen LogP contribution in [0.25, 0.3) is 0 Å². The molecule has 1 N–H and O–H groups in total. The van der Waals surface area contributed by atoms with E-state index in [1.165, 1.54) is 16.0 Å². The standard InChI is InChI=1S/C26H38N2O3S/c1-18(2)8-11-27(15-21(5)29)16-26(30)28-12-9-25-22(10-13-32-25)23(28)17-31-24-7-6-19(3)14-20(24)4/h6-7,10,13-14,18,21,23,29H,8-9,11-12,15-17H2,1-5H3/t21-,23-/m1/s1. The molecule has 0 radical (unpaired) electrons. The van der Waals surface area contributed by atoms with Crippen molar-refractivity contribution in [1.82, 2.24) is 9.80 Å². The normalized spacial score (nSPS) is 17.0. The van der Waals surface area contributed by atoms with Crippen molar-refractivity contribution in [2.75, 3.05) is 32.8 Å². The summed E-state index contributed by atoms with van der Waals surface area (Å²) in [5, 5.41) is 12.1. The molecule has 0 unspecified atom stereocenters. The number of thiophene rings is 1. The summed E-state index contributed by atoms with van der Waals surface area (Å²) < 4.78 is 6.24. The highest BCUT2D eigenvalue weighted by molar-refractivity contribution is 7.10. The van der Waals surface area contributed by atoms with E-state index >= 15 is 0 Å². The zero-order valence-corrected chi connectivity index (χ0v) is 21.0. The third kappa shape index (κ3) is 6.56. The predicted molar refractivity (Wildman–Crippen MR) is 131 cm³/mol. The van der Waals surface area contributed by atoms with Crippen LogP contribution in [0.4, 0.5) is 0 Å². The summed E-state index contributed by atoms with van der Waals surface area (Å²) in [5.74, 6) is 1.54. The number of aliphatic hydroxyl groups excluding tert-OH is 1. The highest BCUT2D eigenvalue weighted by Crippen LogP contribution is 2.34. The van der Waals surface area contributed by atoms with Crippen LogP contribution < -0.4 is 4.74 Å². The molecule has 0 saturated carbocycles. The minimum absolute atomic E-state index is 0.0864. The fourth-order valence-corrected chi connectivity index (χ4v) is 5.26. The van der Waals surface area contributed by atoms with Gasteiger partial charge in [0.2, 0.25) is 5.91 Å². The van der Waals surface area contributed by atoms with Crippen molar-refractivity contribution >= 4 is 17.2 Å². The molecule has 0 fully saturated rings. The summed E-state index contributed by atoms with van der Waals surface area (Å²) in [4.78, 5) is 18.9. The molecule has 0 spiro atoms. The van der Waals surface area contributed by atoms with Crippen LogP contribution in [-0.2, 0) is 11.2 Å². The van der Waals surface area contributed by atoms with E-state index in [4.69, 9.17) is 4.74 Å². The number of ether oxygens (including phenoxy) is 1. The second kappa shape index (κ2) is 11.3. The van der Waals surface area contributed by atoms with Crippen LogP contribution in [0.5, 0.6) is 5.75 Å². The molecular formula is C26H38N2O3S. The summed E-state index contributed by atoms with van der Waals surface area (Å²) >= 11 is 1.77. The van der Waals surface area contributed by atoms with Gasteiger partial charge in [-0.15, -0.1) is 11.3 Å². The number of aryl methyl sites for hydroxylation is 2. The Morgan fingerprint density at radius 1 is 1.28 bits per heavy atom. The van der Waals surface area contributed by atoms with E-state index in [9.17, 15) is 9.90 Å². The Morgan fingerprint density at radius 3 is 2.75 bits per heavy atom. The van der Waals surface area contributed by atoms with Gasteiger partial charge < -0.3 is 14.7 Å². The molecule has 1 aliphatic rings. The summed E-state index contributed by atoms with van der Waals surface area (Å²) in [5.41, 5.74) is 3.54. The first kappa shape index (κ1) is 24.7. The van der Waals surface area contributed by atoms with E-state index in [1.807, 2.05) is 11.0 Å². The van der Waals surface area contributed by atoms with Gasteiger partial charge in [-0.2, -0.15) is 0 Å². The molecule has 1 aromatic carbocycles. The van der Waals surface area contributed by atoms with Crippen LogP contribution in [-0.4, -0.2) is 59.7 Å². The third-order valence-electron chi connectivity index (χ3n) is 6.05. The molecule has 2 atom stereocenters. The van der Waals surface area contributed by atoms with Crippen LogP contribution in [0.1, 0.15) is 54.8 Å². The maximum atomic E-state index is 13.5. The third-order valence-corrected chi connectivity index (χ3v) is 7.04. The number of carbonyl (C=O) groups is 1. The van der Waals surface area contributed by atoms with Crippen LogP contribution in [0, 0.1) is 19.8 Å². The zero-order valence-electron chi connectivity index (χ0n) is 20.1. The monoisotopic (exact) mass is 458 g/mol. The maximum Gasteiger partial charge on any atom is 0.237 e. The Kier molecular flexibility index (Phi) is 8.74. The minimum Gasteiger partial charge on any atom is -0.491 e. The average molecular weight is 459 g/mol. The van der Waals surface area contributed by atoms with Gasteiger partial charge in [0.25, 0.3) is 0 Å². The smallest absolute Gasteiger partial charge is 0.237 e. The van der Waals surface area contributed by atoms with Crippen molar-refractivity contribution < 1.29 is 14.6 Å². The lowest BCUT2D eigenvalue weighted by Crippen LogP contribution is -2.47. The number of rotatable bonds is 10. The molecule has 5 nitrogen and oxygen atoms in total. The quantitative estimate of drug-likeness (QED) is 0.565. The number of aliphatic hydroxyl groups is 1. The van der Waals surface area contributed by atoms with Crippen LogP contribution in [0.15, 0.2) is 29.6 Å². The number of amides is 1. The van der Waals surface area contributed by atoms with E-state index in [2.05, 4.69) is 56.2 Å². The predicted octanol–water partition coefficient (Wildman–Crippen LogP) is 4.60. The van der Waals surface area contributed by atoms with Gasteiger partial charge in [-0.3, -0.25) is 9.69 Å². The van der Waals surface area contributed by atoms with Gasteiger partial charge in [-0.25, -0.2) is 0 Å². The average Bonchev–Trinajstić information content (AvgIpc) is 3.19. The second-order valence-electron chi connectivity index (χ2n) is 9.50. The Morgan fingerprint density at radius 2 is 2.06 bits per heavy atom. The topological polar surface area (TPSA) is 53.0 Å². The van der Waals surface area contributed by atoms with E-state index in [0.717, 1.165) is 30.7 Å². The largest absolute Gasteiger partial charge is 0.491 e. The van der Waals surface area contributed by atoms with Crippen LogP contribution in [0.3, 0.4) is 0 Å². The number of carbonyl (C=O) groups excluding carboxylic acids is 1. The van der Waals surface area contributed by atoms with E-state index in [1.54, 1.807) is 18.3 Å². The van der Waals surface area contributed by atoms with Crippen LogP contribution >= 0.6 is 11.3 Å². The fourth-order valence-electron chi connectivity index (χ4n) is 4.34. The molecule has 6 heteroatoms. The lowest BCUT2D eigenvalue weighted by atomic mass is 10.00. The van der Waals surface area contributed by atoms with Gasteiger partial charge in [0.05, 0.1) is 18.7 Å². The fraction of sp³-hybridized carbons (Fsp3) is 0.577. The van der Waals surface area contributed by atoms with Crippen molar-refractivity contribution in [3.8, 4) is 5.75 Å². The number of hydrogen-bond donors (Lipinski definition) is 1. The second-order valence-corrected chi connectivity index (χ2v) is 10.5. The zero-order chi connectivity index (χ0) is 23.3. The van der Waals surface area contributed by atoms with E-state index in [-0.39, 0.29) is 11.9 Å². The van der Waals surface area contributed by atoms with Crippen molar-refractivity contribution in [3.05, 3.63) is 51.2 Å². The molecule has 1 amide bonds. The molecule has 1 aromatic heterocycles. The lowest BCUT2D eigenvalue weighted by Gasteiger charge is -2.37. The number of fused-ring (bicyclic) bond motifs is 1. The molecule has 1 aliphatic heterocycles. The minimum atomic E-state index is -0.455. The van der Waals surface area contributed by atoms with Gasteiger partial charge in [0, 0.05) is 18.0 Å². The molecule has 3 rings (SSSR count). The van der Waals surface area contributed by atoms with E-state index < -0.39 is 6.10 Å². The van der Waals surface area contributed by atoms with Gasteiger partial charge in [0.15, 0.2) is 0 Å². The molecular weight excluding hydrogens is 420 g/mol. The Bertz CT molecular complexity index is 893. The lowest BCUT2D eigenvalue weighted by molar-refractivity contribution is -0.136. The van der Waals surface area contributed by atoms with Crippen molar-refractivity contribution in [1.29, 1.82) is 0 Å². The van der Waals surface area contributed by atoms with Gasteiger partial charge >= 0.3 is 0 Å². The summed E-state index contributed by atoms with van der Waals surface area (Å²) in [6.07, 6.45) is 1.44. The number of benzene rings is 1. The highest BCUT2D eigenvalue weighted by Gasteiger charge is 2.33. The van der Waals surface area contributed by atoms with Gasteiger partial charge in [-0.05, 0) is 74.7 Å². The molecule has 2 aromatic rings. The first-order valence-electron chi connectivity index (χ1n) is 11.7. The van der Waals surface area contributed by atoms with Crippen molar-refractivity contribution in [3.63, 3.8) is 0 Å². The number of nitrogens with zero attached hydrogens (tertiary/aromatic N) is 2. The van der Waals surface area contributed by atoms with Crippen molar-refractivity contribution in [2.45, 2.75) is 59.6 Å². The SMILES string of the molecule is Cc1ccc(OC[C@@H]2c3ccsc3CCN2C(=O)CN(CCC(C)C)C[C@@H](C)O)c(C)c1. The molecule has 2 heterocycles. The van der Waals surface area contributed by atoms with Gasteiger partial charge in [0.1, 0.15) is 12.4 Å². The van der Waals surface area contributed by atoms with Crippen LogP contribution in [0.2, 0.25) is 0 Å². The Balaban J connectivity index is 1.74. The van der Waals surface area contributed by atoms with Gasteiger partial charge in [-0.1, -0.05) is 31.5 Å². The molecule has 0 aliphatic carbocycles. The molecule has 0 bridgehead atoms. The Hall–Kier alpha value is -1.89. The Labute approximate surface area is 197 Å². The van der Waals surface area contributed by atoms with E-state index in [0.29, 0.717) is 32.2 Å². The molecule has 176 valence electrons. The molecule has 32 heavy (non-hydrogen) atoms. The molecule has 0 saturated heterocycles. The van der Waals surface area contributed by atoms with Crippen molar-refractivity contribution in [2.24, 2.45) is 5.92 Å². The number of hydrogen-bond acceptors (Lipinski definition) is 5. The first-order chi connectivity index (χ1) is 15.2. The highest BCUT2D eigenvalue weighted by atomic mass is 32.1. The summed E-state index contributed by atoms with van der Waals surface area (Å²) in [7, 11) is 0. The maximum absolute atomic E-state index is 13.5.